The van der Waals surface area contributed by atoms with Crippen LogP contribution in [-0.2, 0) is 6.54 Å². The van der Waals surface area contributed by atoms with Crippen molar-refractivity contribution >= 4 is 17.5 Å². The number of halogens is 1. The van der Waals surface area contributed by atoms with Gasteiger partial charge in [0.2, 0.25) is 0 Å². The Balaban J connectivity index is 1.88. The Kier molecular flexibility index (Phi) is 4.94. The fourth-order valence-electron chi connectivity index (χ4n) is 3.15. The minimum Gasteiger partial charge on any atom is -0.361 e. The Labute approximate surface area is 146 Å². The molecule has 24 heavy (non-hydrogen) atoms. The molecule has 1 amide bonds. The summed E-state index contributed by atoms with van der Waals surface area (Å²) in [6.45, 7) is 7.63. The molecule has 0 atom stereocenters. The molecular weight excluding hydrogens is 328 g/mol. The molecule has 0 N–H and O–H groups in total. The summed E-state index contributed by atoms with van der Waals surface area (Å²) in [5.74, 6) is 0.605. The number of nitrogens with zero attached hydrogens (tertiary/aromatic N) is 4. The van der Waals surface area contributed by atoms with Crippen LogP contribution < -0.4 is 0 Å². The highest BCUT2D eigenvalue weighted by molar-refractivity contribution is 6.31. The Morgan fingerprint density at radius 3 is 2.42 bits per heavy atom. The summed E-state index contributed by atoms with van der Waals surface area (Å²) < 4.78 is 7.12. The zero-order chi connectivity index (χ0) is 17.3. The van der Waals surface area contributed by atoms with E-state index >= 15 is 0 Å². The summed E-state index contributed by atoms with van der Waals surface area (Å²) in [6, 6.07) is 0. The summed E-state index contributed by atoms with van der Waals surface area (Å²) in [5, 5.41) is 9.14. The van der Waals surface area contributed by atoms with Gasteiger partial charge in [0, 0.05) is 18.7 Å². The zero-order valence-electron chi connectivity index (χ0n) is 14.4. The van der Waals surface area contributed by atoms with Crippen LogP contribution in [0.3, 0.4) is 0 Å². The van der Waals surface area contributed by atoms with Crippen LogP contribution in [0.1, 0.15) is 58.9 Å². The number of hydrogen-bond donors (Lipinski definition) is 0. The Hall–Kier alpha value is -1.82. The quantitative estimate of drug-likeness (QED) is 0.849. The number of likely N-dealkylation sites (tertiary alicyclic amines) is 1. The third-order valence-electron chi connectivity index (χ3n) is 4.68. The van der Waals surface area contributed by atoms with Gasteiger partial charge in [0.1, 0.15) is 5.76 Å². The maximum absolute atomic E-state index is 12.9. The minimum atomic E-state index is -0.0450. The van der Waals surface area contributed by atoms with E-state index in [0.717, 1.165) is 42.9 Å². The molecule has 1 aliphatic heterocycles. The van der Waals surface area contributed by atoms with Crippen molar-refractivity contribution in [1.82, 2.24) is 19.8 Å². The number of carbonyl (C=O) groups is 1. The van der Waals surface area contributed by atoms with E-state index in [1.165, 1.54) is 12.8 Å². The molecular formula is C17H23ClN4O2. The molecule has 2 aromatic heterocycles. The van der Waals surface area contributed by atoms with Crippen molar-refractivity contribution in [3.8, 4) is 0 Å². The molecule has 0 unspecified atom stereocenters. The van der Waals surface area contributed by atoms with Gasteiger partial charge in [0.25, 0.3) is 5.91 Å². The van der Waals surface area contributed by atoms with Crippen molar-refractivity contribution in [2.75, 3.05) is 13.1 Å². The van der Waals surface area contributed by atoms with Gasteiger partial charge in [-0.1, -0.05) is 29.6 Å². The monoisotopic (exact) mass is 350 g/mol. The molecule has 0 bridgehead atoms. The molecule has 0 saturated carbocycles. The fraction of sp³-hybridized carbons (Fsp3) is 0.588. The largest absolute Gasteiger partial charge is 0.361 e. The molecule has 0 aliphatic carbocycles. The molecule has 1 aliphatic rings. The van der Waals surface area contributed by atoms with Gasteiger partial charge in [-0.05, 0) is 33.6 Å². The standard InChI is InChI=1S/C17H23ClN4O2/c1-11-15(18)12(2)22(19-11)10-14-13(3)24-20-16(14)17(23)21-8-6-4-5-7-9-21/h4-10H2,1-3H3. The first kappa shape index (κ1) is 17.0. The van der Waals surface area contributed by atoms with Gasteiger partial charge in [-0.3, -0.25) is 9.48 Å². The van der Waals surface area contributed by atoms with Crippen molar-refractivity contribution in [2.45, 2.75) is 53.0 Å². The lowest BCUT2D eigenvalue weighted by atomic mass is 10.1. The molecule has 6 nitrogen and oxygen atoms in total. The number of hydrogen-bond acceptors (Lipinski definition) is 4. The van der Waals surface area contributed by atoms with Gasteiger partial charge in [-0.15, -0.1) is 0 Å². The molecule has 130 valence electrons. The van der Waals surface area contributed by atoms with Gasteiger partial charge in [-0.2, -0.15) is 5.10 Å². The first-order chi connectivity index (χ1) is 11.5. The maximum atomic E-state index is 12.9. The third-order valence-corrected chi connectivity index (χ3v) is 5.23. The number of aromatic nitrogens is 3. The number of aryl methyl sites for hydroxylation is 2. The van der Waals surface area contributed by atoms with Gasteiger partial charge in [-0.25, -0.2) is 0 Å². The van der Waals surface area contributed by atoms with E-state index < -0.39 is 0 Å². The van der Waals surface area contributed by atoms with Crippen molar-refractivity contribution in [2.24, 2.45) is 0 Å². The highest BCUT2D eigenvalue weighted by Gasteiger charge is 2.26. The maximum Gasteiger partial charge on any atom is 0.276 e. The Morgan fingerprint density at radius 1 is 1.17 bits per heavy atom. The van der Waals surface area contributed by atoms with E-state index in [2.05, 4.69) is 10.3 Å². The Morgan fingerprint density at radius 2 is 1.83 bits per heavy atom. The molecule has 3 rings (SSSR count). The zero-order valence-corrected chi connectivity index (χ0v) is 15.2. The molecule has 3 heterocycles. The molecule has 0 aromatic carbocycles. The van der Waals surface area contributed by atoms with Gasteiger partial charge < -0.3 is 9.42 Å². The number of amides is 1. The van der Waals surface area contributed by atoms with Gasteiger partial charge in [0.15, 0.2) is 5.69 Å². The van der Waals surface area contributed by atoms with Crippen molar-refractivity contribution < 1.29 is 9.32 Å². The van der Waals surface area contributed by atoms with E-state index in [-0.39, 0.29) is 5.91 Å². The van der Waals surface area contributed by atoms with Crippen LogP contribution in [-0.4, -0.2) is 38.8 Å². The predicted octanol–water partition coefficient (Wildman–Crippen LogP) is 3.51. The summed E-state index contributed by atoms with van der Waals surface area (Å²) in [5.41, 5.74) is 2.84. The second kappa shape index (κ2) is 6.97. The highest BCUT2D eigenvalue weighted by atomic mass is 35.5. The first-order valence-electron chi connectivity index (χ1n) is 8.43. The average molecular weight is 351 g/mol. The summed E-state index contributed by atoms with van der Waals surface area (Å²) in [7, 11) is 0. The molecule has 7 heteroatoms. The lowest BCUT2D eigenvalue weighted by Crippen LogP contribution is -2.33. The second-order valence-corrected chi connectivity index (χ2v) is 6.79. The molecule has 0 spiro atoms. The topological polar surface area (TPSA) is 64.2 Å². The van der Waals surface area contributed by atoms with Crippen LogP contribution in [0.4, 0.5) is 0 Å². The lowest BCUT2D eigenvalue weighted by molar-refractivity contribution is 0.0750. The van der Waals surface area contributed by atoms with E-state index in [0.29, 0.717) is 23.0 Å². The predicted molar refractivity (Wildman–Crippen MR) is 91.4 cm³/mol. The fourth-order valence-corrected chi connectivity index (χ4v) is 3.28. The number of rotatable bonds is 3. The van der Waals surface area contributed by atoms with E-state index in [9.17, 15) is 4.79 Å². The van der Waals surface area contributed by atoms with Crippen LogP contribution >= 0.6 is 11.6 Å². The van der Waals surface area contributed by atoms with Crippen molar-refractivity contribution in [3.05, 3.63) is 33.4 Å². The average Bonchev–Trinajstić information content (AvgIpc) is 2.91. The van der Waals surface area contributed by atoms with Crippen molar-refractivity contribution in [1.29, 1.82) is 0 Å². The van der Waals surface area contributed by atoms with E-state index in [1.54, 1.807) is 4.68 Å². The van der Waals surface area contributed by atoms with Gasteiger partial charge in [0.05, 0.1) is 23.0 Å². The van der Waals surface area contributed by atoms with Crippen LogP contribution in [0.15, 0.2) is 4.52 Å². The number of carbonyl (C=O) groups excluding carboxylic acids is 1. The first-order valence-corrected chi connectivity index (χ1v) is 8.80. The summed E-state index contributed by atoms with van der Waals surface area (Å²) in [6.07, 6.45) is 4.45. The van der Waals surface area contributed by atoms with E-state index in [1.807, 2.05) is 25.7 Å². The lowest BCUT2D eigenvalue weighted by Gasteiger charge is -2.19. The van der Waals surface area contributed by atoms with Crippen molar-refractivity contribution in [3.63, 3.8) is 0 Å². The summed E-state index contributed by atoms with van der Waals surface area (Å²) in [4.78, 5) is 14.8. The van der Waals surface area contributed by atoms with Crippen LogP contribution in [0.25, 0.3) is 0 Å². The molecule has 1 saturated heterocycles. The highest BCUT2D eigenvalue weighted by Crippen LogP contribution is 2.23. The van der Waals surface area contributed by atoms with Crippen LogP contribution in [0.2, 0.25) is 5.02 Å². The summed E-state index contributed by atoms with van der Waals surface area (Å²) >= 11 is 6.22. The van der Waals surface area contributed by atoms with Crippen LogP contribution in [0, 0.1) is 20.8 Å². The Bertz CT molecular complexity index is 742. The molecule has 2 aromatic rings. The minimum absolute atomic E-state index is 0.0450. The molecule has 0 radical (unpaired) electrons. The SMILES string of the molecule is Cc1nn(Cc2c(C(=O)N3CCCCCC3)noc2C)c(C)c1Cl. The molecule has 1 fully saturated rings. The van der Waals surface area contributed by atoms with Crippen LogP contribution in [0.5, 0.6) is 0 Å². The second-order valence-electron chi connectivity index (χ2n) is 6.41. The van der Waals surface area contributed by atoms with Gasteiger partial charge >= 0.3 is 0 Å². The normalized spacial score (nSPS) is 15.6. The van der Waals surface area contributed by atoms with E-state index in [4.69, 9.17) is 16.1 Å². The smallest absolute Gasteiger partial charge is 0.276 e. The third kappa shape index (κ3) is 3.20.